The number of benzene rings is 1. The van der Waals surface area contributed by atoms with Crippen molar-refractivity contribution in [3.8, 4) is 0 Å². The Labute approximate surface area is 519 Å². The molecule has 0 amide bonds. The summed E-state index contributed by atoms with van der Waals surface area (Å²) in [5.41, 5.74) is 1.93. The van der Waals surface area contributed by atoms with Crippen LogP contribution < -0.4 is 0 Å². The average Bonchev–Trinajstić information content (AvgIpc) is 3.42. The lowest BCUT2D eigenvalue weighted by atomic mass is 9.74. The molecule has 1 aromatic carbocycles. The smallest absolute Gasteiger partial charge is 0.333 e. The number of carbonyl (C=O) groups is 6. The molecule has 7 rings (SSSR count). The Kier molecular flexibility index (Phi) is 31.3. The lowest BCUT2D eigenvalue weighted by Crippen LogP contribution is -2.48. The van der Waals surface area contributed by atoms with Crippen LogP contribution in [-0.2, 0) is 67.5 Å². The van der Waals surface area contributed by atoms with Crippen molar-refractivity contribution in [2.45, 2.75) is 277 Å². The summed E-state index contributed by atoms with van der Waals surface area (Å²) < 4.78 is 38.4. The van der Waals surface area contributed by atoms with Crippen molar-refractivity contribution in [1.82, 2.24) is 0 Å². The number of methoxy groups -OCH3 is 1. The molecule has 0 heterocycles. The van der Waals surface area contributed by atoms with Gasteiger partial charge in [0.15, 0.2) is 0 Å². The van der Waals surface area contributed by atoms with Gasteiger partial charge in [-0.25, -0.2) is 28.8 Å². The predicted octanol–water partition coefficient (Wildman–Crippen LogP) is 17.6. The largest absolute Gasteiger partial charge is 0.456 e. The van der Waals surface area contributed by atoms with Crippen molar-refractivity contribution in [1.29, 1.82) is 0 Å². The standard InChI is InChI=1S/C15H18O2.C14H24O3.C12H20O2.C11H18O2.C11H16O2.C10H16O2/c1-12(2)14(16)17-15(10-6-7-11-15)13-8-4-3-5-9-13;1-11(2)12(15)17-14(8-6-7-9-14)13(3,4)10-16-5;1-9(2)11(13)14-12(10(3)4)7-5-6-8-12;1-9(2)10(12)13-11(3)7-5-4-6-8-11;1-4-11(7-5-6-8-11)13-10(12)9(2)3;1-8(2)9(11)12-10(3)6-4-5-7-10/h3-5,8-9H,1,6-7,10-11H2,2H3;1,6-10H2,2-5H3;10H,1,5-8H2,2-4H3;1,4-8H2,2-3H3;4H,1-2,5-8H2,3H3;1,4-7H2,2-3H3. The van der Waals surface area contributed by atoms with E-state index in [1.165, 1.54) is 44.9 Å². The van der Waals surface area contributed by atoms with Crippen LogP contribution in [0.3, 0.4) is 0 Å². The Balaban J connectivity index is 0.000000354. The van der Waals surface area contributed by atoms with E-state index in [2.05, 4.69) is 73.7 Å². The molecule has 482 valence electrons. The predicted molar refractivity (Wildman–Crippen MR) is 345 cm³/mol. The minimum Gasteiger partial charge on any atom is -0.456 e. The topological polar surface area (TPSA) is 167 Å². The Morgan fingerprint density at radius 1 is 0.453 bits per heavy atom. The maximum Gasteiger partial charge on any atom is 0.333 e. The number of hydrogen-bond donors (Lipinski definition) is 0. The van der Waals surface area contributed by atoms with E-state index >= 15 is 0 Å². The second-order valence-electron chi connectivity index (χ2n) is 26.7. The number of hydrogen-bond acceptors (Lipinski definition) is 13. The molecule has 0 bridgehead atoms. The van der Waals surface area contributed by atoms with E-state index in [9.17, 15) is 28.8 Å². The quantitative estimate of drug-likeness (QED) is 0.0590. The molecule has 0 saturated heterocycles. The molecule has 0 atom stereocenters. The highest BCUT2D eigenvalue weighted by Gasteiger charge is 2.50. The zero-order valence-corrected chi connectivity index (χ0v) is 55.7. The average molecular weight is 1200 g/mol. The first-order valence-corrected chi connectivity index (χ1v) is 31.6. The van der Waals surface area contributed by atoms with Gasteiger partial charge < -0.3 is 33.2 Å². The first-order valence-electron chi connectivity index (χ1n) is 31.6. The molecular weight excluding hydrogens is 1080 g/mol. The summed E-state index contributed by atoms with van der Waals surface area (Å²) in [7, 11) is 1.69. The fraction of sp³-hybridized carbons (Fsp3) is 0.644. The highest BCUT2D eigenvalue weighted by molar-refractivity contribution is 5.89. The molecule has 1 aromatic rings. The summed E-state index contributed by atoms with van der Waals surface area (Å²) in [6, 6.07) is 10.0. The zero-order chi connectivity index (χ0) is 65.2. The van der Waals surface area contributed by atoms with Gasteiger partial charge in [-0.3, -0.25) is 0 Å². The third-order valence-corrected chi connectivity index (χ3v) is 17.7. The van der Waals surface area contributed by atoms with Gasteiger partial charge in [0, 0.05) is 46.0 Å². The maximum atomic E-state index is 11.8. The molecule has 6 saturated carbocycles. The Morgan fingerprint density at radius 3 is 1.16 bits per heavy atom. The molecule has 6 aliphatic rings. The first kappa shape index (κ1) is 76.3. The first-order chi connectivity index (χ1) is 40.1. The lowest BCUT2D eigenvalue weighted by molar-refractivity contribution is -0.174. The SMILES string of the molecule is C=C(C)C(=O)OC1(C(C)(C)COC)CCCC1.C=C(C)C(=O)OC1(C(C)C)CCCC1.C=C(C)C(=O)OC1(C)CCCC1.C=C(C)C(=O)OC1(C)CCCCC1.C=C(C)C(=O)OC1(c2ccccc2)CCCC1.C=CC1(OC(=O)C(=C)C)CCCC1. The van der Waals surface area contributed by atoms with Crippen LogP contribution in [0.4, 0.5) is 0 Å². The minimum absolute atomic E-state index is 0.163. The van der Waals surface area contributed by atoms with E-state index in [0.29, 0.717) is 46.0 Å². The summed E-state index contributed by atoms with van der Waals surface area (Å²) in [5.74, 6) is -1.20. The highest BCUT2D eigenvalue weighted by Crippen LogP contribution is 2.48. The summed E-state index contributed by atoms with van der Waals surface area (Å²) in [5, 5.41) is 0. The highest BCUT2D eigenvalue weighted by atomic mass is 16.6. The van der Waals surface area contributed by atoms with Crippen molar-refractivity contribution in [2.24, 2.45) is 11.3 Å². The molecule has 86 heavy (non-hydrogen) atoms. The van der Waals surface area contributed by atoms with Crippen molar-refractivity contribution in [3.63, 3.8) is 0 Å². The second-order valence-corrected chi connectivity index (χ2v) is 26.7. The van der Waals surface area contributed by atoms with Gasteiger partial charge >= 0.3 is 35.8 Å². The number of carbonyl (C=O) groups excluding carboxylic acids is 6. The van der Waals surface area contributed by atoms with Crippen molar-refractivity contribution >= 4 is 35.8 Å². The van der Waals surface area contributed by atoms with Crippen molar-refractivity contribution in [3.05, 3.63) is 121 Å². The lowest BCUT2D eigenvalue weighted by Gasteiger charge is -2.43. The second kappa shape index (κ2) is 35.2. The third kappa shape index (κ3) is 24.0. The van der Waals surface area contributed by atoms with Gasteiger partial charge in [0.05, 0.1) is 6.61 Å². The summed E-state index contributed by atoms with van der Waals surface area (Å²) in [6.07, 6.45) is 28.1. The van der Waals surface area contributed by atoms with E-state index in [1.54, 1.807) is 54.7 Å². The van der Waals surface area contributed by atoms with Crippen LogP contribution in [0, 0.1) is 11.3 Å². The number of esters is 6. The monoisotopic (exact) mass is 1200 g/mol. The Morgan fingerprint density at radius 2 is 0.779 bits per heavy atom. The molecule has 6 fully saturated rings. The minimum atomic E-state index is -0.419. The van der Waals surface area contributed by atoms with Crippen LogP contribution in [0.5, 0.6) is 0 Å². The molecule has 13 heteroatoms. The van der Waals surface area contributed by atoms with E-state index in [0.717, 1.165) is 121 Å². The molecule has 13 nitrogen and oxygen atoms in total. The van der Waals surface area contributed by atoms with Gasteiger partial charge in [-0.1, -0.05) is 111 Å². The molecule has 6 aliphatic carbocycles. The summed E-state index contributed by atoms with van der Waals surface area (Å²) in [4.78, 5) is 68.8. The van der Waals surface area contributed by atoms with Crippen LogP contribution in [0.25, 0.3) is 0 Å². The maximum absolute atomic E-state index is 11.8. The molecule has 0 aromatic heterocycles. The van der Waals surface area contributed by atoms with Gasteiger partial charge in [-0.15, -0.1) is 0 Å². The van der Waals surface area contributed by atoms with Crippen LogP contribution in [0.2, 0.25) is 0 Å². The molecule has 0 spiro atoms. The van der Waals surface area contributed by atoms with Gasteiger partial charge in [-0.05, 0) is 227 Å². The van der Waals surface area contributed by atoms with Gasteiger partial charge in [0.2, 0.25) is 0 Å². The van der Waals surface area contributed by atoms with Crippen LogP contribution >= 0.6 is 0 Å². The van der Waals surface area contributed by atoms with E-state index in [1.807, 2.05) is 44.2 Å². The molecule has 0 unspecified atom stereocenters. The Hall–Kier alpha value is -5.82. The van der Waals surface area contributed by atoms with Gasteiger partial charge in [-0.2, -0.15) is 0 Å². The van der Waals surface area contributed by atoms with Crippen LogP contribution in [-0.4, -0.2) is 77.5 Å². The van der Waals surface area contributed by atoms with E-state index in [-0.39, 0.29) is 63.6 Å². The number of ether oxygens (including phenoxy) is 7. The van der Waals surface area contributed by atoms with Gasteiger partial charge in [0.1, 0.15) is 33.6 Å². The van der Waals surface area contributed by atoms with E-state index in [4.69, 9.17) is 33.2 Å². The van der Waals surface area contributed by atoms with E-state index < -0.39 is 11.2 Å². The molecule has 0 aliphatic heterocycles. The Bertz CT molecular complexity index is 2470. The normalized spacial score (nSPS) is 19.4. The summed E-state index contributed by atoms with van der Waals surface area (Å²) >= 11 is 0. The zero-order valence-electron chi connectivity index (χ0n) is 55.7. The fourth-order valence-electron chi connectivity index (χ4n) is 11.9. The molecule has 0 N–H and O–H groups in total. The van der Waals surface area contributed by atoms with Gasteiger partial charge in [0.25, 0.3) is 0 Å². The van der Waals surface area contributed by atoms with Crippen LogP contribution in [0.1, 0.15) is 249 Å². The van der Waals surface area contributed by atoms with Crippen LogP contribution in [0.15, 0.2) is 116 Å². The van der Waals surface area contributed by atoms with Crippen molar-refractivity contribution in [2.75, 3.05) is 13.7 Å². The number of rotatable bonds is 18. The third-order valence-electron chi connectivity index (χ3n) is 17.7. The summed E-state index contributed by atoms with van der Waals surface area (Å²) in [6.45, 7) is 48.5. The fourth-order valence-corrected chi connectivity index (χ4v) is 11.9. The molecule has 0 radical (unpaired) electrons. The molecular formula is C73H112O13. The van der Waals surface area contributed by atoms with Crippen molar-refractivity contribution < 1.29 is 61.9 Å².